The van der Waals surface area contributed by atoms with Gasteiger partial charge in [-0.05, 0) is 18.8 Å². The van der Waals surface area contributed by atoms with E-state index >= 15 is 0 Å². The predicted molar refractivity (Wildman–Crippen MR) is 52.8 cm³/mol. The maximum atomic E-state index is 11.6. The lowest BCUT2D eigenvalue weighted by Gasteiger charge is -2.39. The van der Waals surface area contributed by atoms with E-state index in [1.807, 2.05) is 6.92 Å². The Hall–Kier alpha value is -0.860. The van der Waals surface area contributed by atoms with Gasteiger partial charge >= 0.3 is 5.97 Å². The molecule has 0 spiro atoms. The van der Waals surface area contributed by atoms with Crippen molar-refractivity contribution in [1.82, 2.24) is 0 Å². The topological polar surface area (TPSA) is 43.4 Å². The van der Waals surface area contributed by atoms with E-state index in [2.05, 4.69) is 13.8 Å². The van der Waals surface area contributed by atoms with Crippen LogP contribution in [0.25, 0.3) is 0 Å². The van der Waals surface area contributed by atoms with E-state index in [0.29, 0.717) is 18.8 Å². The van der Waals surface area contributed by atoms with Crippen LogP contribution in [0.15, 0.2) is 0 Å². The highest BCUT2D eigenvalue weighted by atomic mass is 16.6. The van der Waals surface area contributed by atoms with Gasteiger partial charge in [0, 0.05) is 6.42 Å². The number of ketones is 1. The van der Waals surface area contributed by atoms with Gasteiger partial charge in [-0.2, -0.15) is 0 Å². The van der Waals surface area contributed by atoms with Crippen molar-refractivity contribution in [3.05, 3.63) is 0 Å². The summed E-state index contributed by atoms with van der Waals surface area (Å²) >= 11 is 0. The van der Waals surface area contributed by atoms with Crippen molar-refractivity contribution < 1.29 is 14.3 Å². The maximum Gasteiger partial charge on any atom is 0.311 e. The molecular weight excluding hydrogens is 180 g/mol. The molecule has 0 aliphatic carbocycles. The van der Waals surface area contributed by atoms with Gasteiger partial charge in [-0.1, -0.05) is 20.8 Å². The van der Waals surface area contributed by atoms with Gasteiger partial charge in [0.25, 0.3) is 0 Å². The molecule has 14 heavy (non-hydrogen) atoms. The summed E-state index contributed by atoms with van der Waals surface area (Å²) < 4.78 is 5.04. The van der Waals surface area contributed by atoms with E-state index in [-0.39, 0.29) is 18.2 Å². The molecule has 1 atom stereocenters. The molecule has 1 fully saturated rings. The van der Waals surface area contributed by atoms with Crippen LogP contribution in [0, 0.1) is 5.92 Å². The number of hydrogen-bond acceptors (Lipinski definition) is 3. The first kappa shape index (κ1) is 11.2. The van der Waals surface area contributed by atoms with E-state index in [1.165, 1.54) is 0 Å². The molecule has 3 heteroatoms. The molecule has 0 saturated carbocycles. The summed E-state index contributed by atoms with van der Waals surface area (Å²) in [5.74, 6) is 0.365. The Morgan fingerprint density at radius 2 is 2.14 bits per heavy atom. The van der Waals surface area contributed by atoms with Gasteiger partial charge in [0.2, 0.25) is 0 Å². The third-order valence-electron chi connectivity index (χ3n) is 2.69. The first-order valence-corrected chi connectivity index (χ1v) is 5.25. The molecule has 1 saturated heterocycles. The number of cyclic esters (lactones) is 1. The molecule has 0 amide bonds. The largest absolute Gasteiger partial charge is 0.450 e. The molecular formula is C11H18O3. The number of carbonyl (C=O) groups excluding carboxylic acids is 2. The van der Waals surface area contributed by atoms with Gasteiger partial charge in [0.05, 0.1) is 6.42 Å². The van der Waals surface area contributed by atoms with Crippen LogP contribution in [-0.4, -0.2) is 17.4 Å². The average molecular weight is 198 g/mol. The normalized spacial score (nSPS) is 25.9. The fourth-order valence-electron chi connectivity index (χ4n) is 1.72. The van der Waals surface area contributed by atoms with Gasteiger partial charge in [-0.15, -0.1) is 0 Å². The summed E-state index contributed by atoms with van der Waals surface area (Å²) in [5, 5.41) is 0. The Labute approximate surface area is 84.8 Å². The van der Waals surface area contributed by atoms with Crippen molar-refractivity contribution in [3.63, 3.8) is 0 Å². The lowest BCUT2D eigenvalue weighted by molar-refractivity contribution is -0.196. The van der Waals surface area contributed by atoms with E-state index in [9.17, 15) is 9.59 Å². The van der Waals surface area contributed by atoms with Gasteiger partial charge in [0.1, 0.15) is 0 Å². The van der Waals surface area contributed by atoms with Crippen molar-refractivity contribution >= 4 is 11.8 Å². The van der Waals surface area contributed by atoms with Gasteiger partial charge < -0.3 is 4.74 Å². The van der Waals surface area contributed by atoms with Crippen LogP contribution in [0.1, 0.15) is 46.5 Å². The highest BCUT2D eigenvalue weighted by Crippen LogP contribution is 2.35. The summed E-state index contributed by atoms with van der Waals surface area (Å²) in [6.45, 7) is 6.01. The molecule has 1 unspecified atom stereocenters. The number of ether oxygens (including phenoxy) is 1. The fraction of sp³-hybridized carbons (Fsp3) is 0.818. The Morgan fingerprint density at radius 3 is 2.50 bits per heavy atom. The molecule has 1 aliphatic heterocycles. The second-order valence-corrected chi connectivity index (χ2v) is 4.35. The van der Waals surface area contributed by atoms with Crippen LogP contribution in [0.2, 0.25) is 0 Å². The van der Waals surface area contributed by atoms with Gasteiger partial charge in [0.15, 0.2) is 11.4 Å². The molecule has 0 bridgehead atoms. The van der Waals surface area contributed by atoms with Crippen LogP contribution in [0.5, 0.6) is 0 Å². The quantitative estimate of drug-likeness (QED) is 0.635. The zero-order valence-corrected chi connectivity index (χ0v) is 9.13. The lowest BCUT2D eigenvalue weighted by atomic mass is 9.82. The van der Waals surface area contributed by atoms with Crippen LogP contribution >= 0.6 is 0 Å². The molecule has 0 radical (unpaired) electrons. The predicted octanol–water partition coefficient (Wildman–Crippen LogP) is 2.09. The Kier molecular flexibility index (Phi) is 3.29. The Bertz CT molecular complexity index is 235. The third-order valence-corrected chi connectivity index (χ3v) is 2.69. The molecule has 0 N–H and O–H groups in total. The molecule has 1 aliphatic rings. The minimum Gasteiger partial charge on any atom is -0.450 e. The highest BCUT2D eigenvalue weighted by molar-refractivity contribution is 5.97. The van der Waals surface area contributed by atoms with Crippen LogP contribution < -0.4 is 0 Å². The van der Waals surface area contributed by atoms with Crippen LogP contribution in [-0.2, 0) is 14.3 Å². The summed E-state index contributed by atoms with van der Waals surface area (Å²) in [6, 6.07) is 0. The van der Waals surface area contributed by atoms with Crippen molar-refractivity contribution in [1.29, 1.82) is 0 Å². The smallest absolute Gasteiger partial charge is 0.311 e. The fourth-order valence-corrected chi connectivity index (χ4v) is 1.72. The van der Waals surface area contributed by atoms with Crippen LogP contribution in [0.4, 0.5) is 0 Å². The first-order chi connectivity index (χ1) is 6.50. The zero-order chi connectivity index (χ0) is 10.8. The Morgan fingerprint density at radius 1 is 1.57 bits per heavy atom. The van der Waals surface area contributed by atoms with Gasteiger partial charge in [-0.3, -0.25) is 9.59 Å². The van der Waals surface area contributed by atoms with Crippen molar-refractivity contribution in [2.24, 2.45) is 5.92 Å². The first-order valence-electron chi connectivity index (χ1n) is 5.25. The molecule has 1 heterocycles. The number of hydrogen-bond donors (Lipinski definition) is 0. The molecule has 0 aromatic carbocycles. The van der Waals surface area contributed by atoms with E-state index in [0.717, 1.165) is 6.42 Å². The van der Waals surface area contributed by atoms with Gasteiger partial charge in [-0.25, -0.2) is 0 Å². The number of Topliss-reactive ketones (excluding diaryl/α,β-unsaturated/α-hetero) is 1. The SMILES string of the molecule is CCC(=O)C1(CCC(C)C)CC(=O)O1. The molecule has 3 nitrogen and oxygen atoms in total. The number of carbonyl (C=O) groups is 2. The van der Waals surface area contributed by atoms with Crippen LogP contribution in [0.3, 0.4) is 0 Å². The summed E-state index contributed by atoms with van der Waals surface area (Å²) in [4.78, 5) is 22.4. The third kappa shape index (κ3) is 2.14. The number of rotatable bonds is 5. The summed E-state index contributed by atoms with van der Waals surface area (Å²) in [5.41, 5.74) is -0.754. The monoisotopic (exact) mass is 198 g/mol. The molecule has 0 aromatic heterocycles. The maximum absolute atomic E-state index is 11.6. The molecule has 1 rings (SSSR count). The van der Waals surface area contributed by atoms with Crippen molar-refractivity contribution in [3.8, 4) is 0 Å². The standard InChI is InChI=1S/C11H18O3/c1-4-9(12)11(6-5-8(2)3)7-10(13)14-11/h8H,4-7H2,1-3H3. The summed E-state index contributed by atoms with van der Waals surface area (Å²) in [6.07, 6.45) is 2.35. The average Bonchev–Trinajstić information content (AvgIpc) is 2.08. The Balaban J connectivity index is 2.55. The molecule has 0 aromatic rings. The number of esters is 1. The second-order valence-electron chi connectivity index (χ2n) is 4.35. The van der Waals surface area contributed by atoms with Crippen molar-refractivity contribution in [2.75, 3.05) is 0 Å². The lowest BCUT2D eigenvalue weighted by Crippen LogP contribution is -2.53. The molecule has 80 valence electrons. The minimum absolute atomic E-state index is 0.0674. The second kappa shape index (κ2) is 4.11. The van der Waals surface area contributed by atoms with Crippen molar-refractivity contribution in [2.45, 2.75) is 52.1 Å². The minimum atomic E-state index is -0.754. The zero-order valence-electron chi connectivity index (χ0n) is 9.13. The van der Waals surface area contributed by atoms with E-state index in [4.69, 9.17) is 4.74 Å². The van der Waals surface area contributed by atoms with E-state index < -0.39 is 5.60 Å². The summed E-state index contributed by atoms with van der Waals surface area (Å²) in [7, 11) is 0. The van der Waals surface area contributed by atoms with E-state index in [1.54, 1.807) is 0 Å². The highest BCUT2D eigenvalue weighted by Gasteiger charge is 2.50.